The van der Waals surface area contributed by atoms with Crippen molar-refractivity contribution in [3.8, 4) is 0 Å². The minimum atomic E-state index is -1.07. The van der Waals surface area contributed by atoms with Gasteiger partial charge in [0.25, 0.3) is 0 Å². The lowest BCUT2D eigenvalue weighted by atomic mass is 9.92. The summed E-state index contributed by atoms with van der Waals surface area (Å²) >= 11 is 5.99. The zero-order chi connectivity index (χ0) is 14.7. The maximum absolute atomic E-state index is 13.2. The molecule has 20 heavy (non-hydrogen) atoms. The summed E-state index contributed by atoms with van der Waals surface area (Å²) in [5.41, 5.74) is 0.850. The number of rotatable bonds is 4. The fraction of sp³-hybridized carbons (Fsp3) is 0.133. The highest BCUT2D eigenvalue weighted by atomic mass is 35.5. The smallest absolute Gasteiger partial charge is 0.311 e. The Morgan fingerprint density at radius 3 is 2.45 bits per heavy atom. The van der Waals surface area contributed by atoms with E-state index in [1.54, 1.807) is 24.3 Å². The molecule has 2 aromatic rings. The van der Waals surface area contributed by atoms with Crippen molar-refractivity contribution in [2.24, 2.45) is 0 Å². The van der Waals surface area contributed by atoms with Crippen LogP contribution in [0.25, 0.3) is 0 Å². The molecule has 0 aromatic heterocycles. The summed E-state index contributed by atoms with van der Waals surface area (Å²) in [6.07, 6.45) is 0.0380. The van der Waals surface area contributed by atoms with E-state index in [9.17, 15) is 18.7 Å². The molecule has 0 radical (unpaired) electrons. The normalized spacial score (nSPS) is 12.2. The number of benzene rings is 2. The van der Waals surface area contributed by atoms with E-state index in [0.717, 1.165) is 12.1 Å². The van der Waals surface area contributed by atoms with Crippen molar-refractivity contribution >= 4 is 17.6 Å². The predicted octanol–water partition coefficient (Wildman–Crippen LogP) is 4.03. The molecule has 5 heteroatoms. The van der Waals surface area contributed by atoms with Gasteiger partial charge in [0.1, 0.15) is 0 Å². The molecule has 0 saturated heterocycles. The Morgan fingerprint density at radius 1 is 1.15 bits per heavy atom. The van der Waals surface area contributed by atoms with Crippen molar-refractivity contribution < 1.29 is 18.7 Å². The van der Waals surface area contributed by atoms with Crippen molar-refractivity contribution in [2.45, 2.75) is 12.3 Å². The van der Waals surface area contributed by atoms with Gasteiger partial charge in [-0.05, 0) is 35.7 Å². The lowest BCUT2D eigenvalue weighted by Gasteiger charge is -2.14. The lowest BCUT2D eigenvalue weighted by molar-refractivity contribution is -0.138. The van der Waals surface area contributed by atoms with E-state index in [1.807, 2.05) is 0 Å². The monoisotopic (exact) mass is 296 g/mol. The third-order valence-corrected chi connectivity index (χ3v) is 3.35. The molecule has 0 bridgehead atoms. The second-order valence-electron chi connectivity index (χ2n) is 4.36. The topological polar surface area (TPSA) is 37.3 Å². The molecule has 2 rings (SSSR count). The van der Waals surface area contributed by atoms with E-state index < -0.39 is 23.5 Å². The Hall–Kier alpha value is -1.94. The molecular weight excluding hydrogens is 286 g/mol. The Bertz CT molecular complexity index is 644. The van der Waals surface area contributed by atoms with Crippen LogP contribution < -0.4 is 0 Å². The number of carbonyl (C=O) groups is 1. The summed E-state index contributed by atoms with van der Waals surface area (Å²) in [5, 5.41) is 9.65. The molecule has 0 aliphatic rings. The highest BCUT2D eigenvalue weighted by Gasteiger charge is 2.23. The van der Waals surface area contributed by atoms with Gasteiger partial charge in [-0.1, -0.05) is 35.9 Å². The standard InChI is InChI=1S/C15H11ClF2O2/c16-12-4-2-1-3-10(12)11(15(19)20)7-9-5-6-13(17)14(18)8-9/h1-6,8,11H,7H2,(H,19,20). The van der Waals surface area contributed by atoms with Gasteiger partial charge in [0.15, 0.2) is 11.6 Å². The average molecular weight is 297 g/mol. The van der Waals surface area contributed by atoms with E-state index in [2.05, 4.69) is 0 Å². The summed E-state index contributed by atoms with van der Waals surface area (Å²) in [6, 6.07) is 9.94. The maximum Gasteiger partial charge on any atom is 0.311 e. The van der Waals surface area contributed by atoms with Crippen molar-refractivity contribution in [2.75, 3.05) is 0 Å². The minimum Gasteiger partial charge on any atom is -0.481 e. The molecular formula is C15H11ClF2O2. The van der Waals surface area contributed by atoms with Gasteiger partial charge in [0, 0.05) is 5.02 Å². The average Bonchev–Trinajstić information content (AvgIpc) is 2.41. The molecule has 2 nitrogen and oxygen atoms in total. The van der Waals surface area contributed by atoms with Gasteiger partial charge in [-0.3, -0.25) is 4.79 Å². The maximum atomic E-state index is 13.2. The number of carboxylic acid groups (broad SMARTS) is 1. The number of hydrogen-bond donors (Lipinski definition) is 1. The van der Waals surface area contributed by atoms with Crippen LogP contribution >= 0.6 is 11.6 Å². The van der Waals surface area contributed by atoms with Crippen LogP contribution in [0.15, 0.2) is 42.5 Å². The Labute approximate surface area is 119 Å². The first kappa shape index (κ1) is 14.5. The van der Waals surface area contributed by atoms with Crippen LogP contribution in [-0.4, -0.2) is 11.1 Å². The van der Waals surface area contributed by atoms with Gasteiger partial charge in [0.2, 0.25) is 0 Å². The van der Waals surface area contributed by atoms with Gasteiger partial charge in [-0.15, -0.1) is 0 Å². The quantitative estimate of drug-likeness (QED) is 0.925. The van der Waals surface area contributed by atoms with Gasteiger partial charge >= 0.3 is 5.97 Å². The molecule has 0 aliphatic carbocycles. The van der Waals surface area contributed by atoms with Gasteiger partial charge < -0.3 is 5.11 Å². The molecule has 1 atom stereocenters. The van der Waals surface area contributed by atoms with E-state index in [-0.39, 0.29) is 6.42 Å². The highest BCUT2D eigenvalue weighted by Crippen LogP contribution is 2.28. The Balaban J connectivity index is 2.33. The summed E-state index contributed by atoms with van der Waals surface area (Å²) in [5.74, 6) is -3.93. The van der Waals surface area contributed by atoms with Crippen LogP contribution in [0.2, 0.25) is 5.02 Å². The Kier molecular flexibility index (Phi) is 4.35. The largest absolute Gasteiger partial charge is 0.481 e. The van der Waals surface area contributed by atoms with Crippen LogP contribution in [0.5, 0.6) is 0 Å². The molecule has 0 amide bonds. The fourth-order valence-corrected chi connectivity index (χ4v) is 2.26. The number of halogens is 3. The van der Waals surface area contributed by atoms with Crippen molar-refractivity contribution in [3.63, 3.8) is 0 Å². The van der Waals surface area contributed by atoms with Gasteiger partial charge in [0.05, 0.1) is 5.92 Å². The zero-order valence-corrected chi connectivity index (χ0v) is 11.1. The number of carboxylic acids is 1. The van der Waals surface area contributed by atoms with Crippen molar-refractivity contribution in [1.82, 2.24) is 0 Å². The van der Waals surface area contributed by atoms with E-state index >= 15 is 0 Å². The lowest BCUT2D eigenvalue weighted by Crippen LogP contribution is -2.15. The first-order chi connectivity index (χ1) is 9.49. The first-order valence-corrected chi connectivity index (χ1v) is 6.28. The van der Waals surface area contributed by atoms with Crippen LogP contribution in [0.4, 0.5) is 8.78 Å². The van der Waals surface area contributed by atoms with Crippen molar-refractivity contribution in [3.05, 3.63) is 70.2 Å². The predicted molar refractivity (Wildman–Crippen MR) is 71.9 cm³/mol. The summed E-state index contributed by atoms with van der Waals surface area (Å²) in [6.45, 7) is 0. The van der Waals surface area contributed by atoms with Gasteiger partial charge in [-0.2, -0.15) is 0 Å². The second-order valence-corrected chi connectivity index (χ2v) is 4.77. The van der Waals surface area contributed by atoms with Crippen LogP contribution in [-0.2, 0) is 11.2 Å². The molecule has 0 spiro atoms. The number of hydrogen-bond acceptors (Lipinski definition) is 1. The van der Waals surface area contributed by atoms with Crippen LogP contribution in [0.1, 0.15) is 17.0 Å². The fourth-order valence-electron chi connectivity index (χ4n) is 1.99. The summed E-state index contributed by atoms with van der Waals surface area (Å²) in [4.78, 5) is 11.4. The second kappa shape index (κ2) is 6.01. The molecule has 2 aromatic carbocycles. The Morgan fingerprint density at radius 2 is 1.85 bits per heavy atom. The molecule has 1 unspecified atom stereocenters. The van der Waals surface area contributed by atoms with E-state index in [0.29, 0.717) is 16.1 Å². The minimum absolute atomic E-state index is 0.0380. The molecule has 0 heterocycles. The van der Waals surface area contributed by atoms with Crippen molar-refractivity contribution in [1.29, 1.82) is 0 Å². The third kappa shape index (κ3) is 3.14. The number of aliphatic carboxylic acids is 1. The molecule has 1 N–H and O–H groups in total. The zero-order valence-electron chi connectivity index (χ0n) is 10.3. The SMILES string of the molecule is O=C(O)C(Cc1ccc(F)c(F)c1)c1ccccc1Cl. The third-order valence-electron chi connectivity index (χ3n) is 3.00. The molecule has 104 valence electrons. The van der Waals surface area contributed by atoms with Crippen LogP contribution in [0.3, 0.4) is 0 Å². The van der Waals surface area contributed by atoms with Crippen LogP contribution in [0, 0.1) is 11.6 Å². The molecule has 0 fully saturated rings. The molecule has 0 aliphatic heterocycles. The molecule has 0 saturated carbocycles. The van der Waals surface area contributed by atoms with E-state index in [4.69, 9.17) is 11.6 Å². The van der Waals surface area contributed by atoms with E-state index in [1.165, 1.54) is 6.07 Å². The highest BCUT2D eigenvalue weighted by molar-refractivity contribution is 6.31. The summed E-state index contributed by atoms with van der Waals surface area (Å²) < 4.78 is 26.0. The summed E-state index contributed by atoms with van der Waals surface area (Å²) in [7, 11) is 0. The first-order valence-electron chi connectivity index (χ1n) is 5.90. The van der Waals surface area contributed by atoms with Gasteiger partial charge in [-0.25, -0.2) is 8.78 Å².